The van der Waals surface area contributed by atoms with Crippen molar-refractivity contribution in [1.82, 2.24) is 5.32 Å². The number of hydrogen-bond acceptors (Lipinski definition) is 4. The summed E-state index contributed by atoms with van der Waals surface area (Å²) in [4.78, 5) is 22.8. The molecule has 5 heteroatoms. The lowest BCUT2D eigenvalue weighted by molar-refractivity contribution is -0.141. The Labute approximate surface area is 149 Å². The number of methoxy groups -OCH3 is 1. The highest BCUT2D eigenvalue weighted by atomic mass is 16.5. The summed E-state index contributed by atoms with van der Waals surface area (Å²) in [7, 11) is 1.42. The maximum absolute atomic E-state index is 11.6. The Hall–Kier alpha value is -1.88. The molecule has 0 saturated heterocycles. The Morgan fingerprint density at radius 2 is 2.04 bits per heavy atom. The van der Waals surface area contributed by atoms with Gasteiger partial charge in [-0.15, -0.1) is 0 Å². The number of nitrogens with one attached hydrogen (secondary N) is 1. The SMILES string of the molecule is COC(=O)CCCC1CCCC(N[C@@H](Cc2ccccc2)C(=O)O)C1. The minimum Gasteiger partial charge on any atom is -0.480 e. The number of benzene rings is 1. The third-order valence-electron chi connectivity index (χ3n) is 5.02. The smallest absolute Gasteiger partial charge is 0.321 e. The van der Waals surface area contributed by atoms with Crippen LogP contribution in [0.3, 0.4) is 0 Å². The van der Waals surface area contributed by atoms with Gasteiger partial charge in [-0.3, -0.25) is 9.59 Å². The zero-order valence-electron chi connectivity index (χ0n) is 14.9. The highest BCUT2D eigenvalue weighted by Gasteiger charge is 2.27. The predicted octanol–water partition coefficient (Wildman–Crippen LogP) is 3.17. The molecule has 1 aromatic rings. The molecule has 1 fully saturated rings. The van der Waals surface area contributed by atoms with Gasteiger partial charge in [0.05, 0.1) is 7.11 Å². The quantitative estimate of drug-likeness (QED) is 0.671. The summed E-state index contributed by atoms with van der Waals surface area (Å²) in [6.07, 6.45) is 7.09. The van der Waals surface area contributed by atoms with Crippen LogP contribution in [0.15, 0.2) is 30.3 Å². The Morgan fingerprint density at radius 3 is 2.72 bits per heavy atom. The van der Waals surface area contributed by atoms with Crippen LogP contribution in [0.1, 0.15) is 50.5 Å². The lowest BCUT2D eigenvalue weighted by atomic mass is 9.82. The van der Waals surface area contributed by atoms with Crippen LogP contribution in [0.4, 0.5) is 0 Å². The van der Waals surface area contributed by atoms with Crippen molar-refractivity contribution >= 4 is 11.9 Å². The molecule has 1 aliphatic carbocycles. The summed E-state index contributed by atoms with van der Waals surface area (Å²) in [6, 6.07) is 9.43. The van der Waals surface area contributed by atoms with Gasteiger partial charge >= 0.3 is 11.9 Å². The van der Waals surface area contributed by atoms with Gasteiger partial charge in [-0.1, -0.05) is 43.2 Å². The second kappa shape index (κ2) is 10.2. The van der Waals surface area contributed by atoms with Crippen molar-refractivity contribution in [3.63, 3.8) is 0 Å². The fourth-order valence-electron chi connectivity index (χ4n) is 3.69. The van der Waals surface area contributed by atoms with Crippen LogP contribution in [-0.4, -0.2) is 36.2 Å². The molecule has 1 aliphatic rings. The van der Waals surface area contributed by atoms with E-state index >= 15 is 0 Å². The fraction of sp³-hybridized carbons (Fsp3) is 0.600. The number of carboxylic acids is 1. The summed E-state index contributed by atoms with van der Waals surface area (Å²) in [5.74, 6) is -0.391. The van der Waals surface area contributed by atoms with E-state index in [-0.39, 0.29) is 12.0 Å². The van der Waals surface area contributed by atoms with Crippen molar-refractivity contribution in [2.45, 2.75) is 63.5 Å². The summed E-state index contributed by atoms with van der Waals surface area (Å²) < 4.78 is 4.68. The molecule has 0 radical (unpaired) electrons. The Balaban J connectivity index is 1.82. The van der Waals surface area contributed by atoms with E-state index in [4.69, 9.17) is 0 Å². The molecule has 1 aromatic carbocycles. The van der Waals surface area contributed by atoms with Gasteiger partial charge in [-0.05, 0) is 43.6 Å². The fourth-order valence-corrected chi connectivity index (χ4v) is 3.69. The van der Waals surface area contributed by atoms with Crippen molar-refractivity contribution in [3.8, 4) is 0 Å². The first-order valence-electron chi connectivity index (χ1n) is 9.18. The van der Waals surface area contributed by atoms with Crippen molar-refractivity contribution < 1.29 is 19.4 Å². The van der Waals surface area contributed by atoms with E-state index in [9.17, 15) is 14.7 Å². The van der Waals surface area contributed by atoms with Crippen molar-refractivity contribution in [1.29, 1.82) is 0 Å². The molecule has 2 N–H and O–H groups in total. The molecule has 1 saturated carbocycles. The van der Waals surface area contributed by atoms with Crippen LogP contribution in [0.5, 0.6) is 0 Å². The van der Waals surface area contributed by atoms with E-state index in [1.54, 1.807) is 0 Å². The number of esters is 1. The normalized spacial score (nSPS) is 21.5. The van der Waals surface area contributed by atoms with E-state index in [1.807, 2.05) is 30.3 Å². The average molecular weight is 347 g/mol. The zero-order valence-corrected chi connectivity index (χ0v) is 14.9. The molecular weight excluding hydrogens is 318 g/mol. The standard InChI is InChI=1S/C20H29NO4/c1-25-19(22)12-6-10-15-9-5-11-17(13-15)21-18(20(23)24)14-16-7-3-2-4-8-16/h2-4,7-8,15,17-18,21H,5-6,9-14H2,1H3,(H,23,24)/t15?,17?,18-/m0/s1. The van der Waals surface area contributed by atoms with Gasteiger partial charge in [0.25, 0.3) is 0 Å². The highest BCUT2D eigenvalue weighted by Crippen LogP contribution is 2.28. The zero-order chi connectivity index (χ0) is 18.1. The van der Waals surface area contributed by atoms with E-state index < -0.39 is 12.0 Å². The molecule has 0 amide bonds. The number of carboxylic acid groups (broad SMARTS) is 1. The molecule has 25 heavy (non-hydrogen) atoms. The monoisotopic (exact) mass is 347 g/mol. The molecule has 2 unspecified atom stereocenters. The second-order valence-corrected chi connectivity index (χ2v) is 6.95. The van der Waals surface area contributed by atoms with E-state index in [0.717, 1.165) is 44.1 Å². The van der Waals surface area contributed by atoms with E-state index in [2.05, 4.69) is 10.1 Å². The molecule has 3 atom stereocenters. The van der Waals surface area contributed by atoms with Crippen molar-refractivity contribution in [2.75, 3.05) is 7.11 Å². The Morgan fingerprint density at radius 1 is 1.28 bits per heavy atom. The molecule has 0 aliphatic heterocycles. The van der Waals surface area contributed by atoms with Crippen LogP contribution < -0.4 is 5.32 Å². The lowest BCUT2D eigenvalue weighted by Crippen LogP contribution is -2.46. The Kier molecular flexibility index (Phi) is 7.92. The first kappa shape index (κ1) is 19.4. The third-order valence-corrected chi connectivity index (χ3v) is 5.02. The van der Waals surface area contributed by atoms with E-state index in [1.165, 1.54) is 7.11 Å². The van der Waals surface area contributed by atoms with Crippen molar-refractivity contribution in [2.24, 2.45) is 5.92 Å². The van der Waals surface area contributed by atoms with Crippen LogP contribution in [0, 0.1) is 5.92 Å². The van der Waals surface area contributed by atoms with Crippen LogP contribution >= 0.6 is 0 Å². The maximum atomic E-state index is 11.6. The van der Waals surface area contributed by atoms with Crippen LogP contribution in [0.25, 0.3) is 0 Å². The number of carbonyl (C=O) groups excluding carboxylic acids is 1. The van der Waals surface area contributed by atoms with Crippen molar-refractivity contribution in [3.05, 3.63) is 35.9 Å². The van der Waals surface area contributed by atoms with Gasteiger partial charge in [0.15, 0.2) is 0 Å². The third kappa shape index (κ3) is 6.86. The molecule has 0 aromatic heterocycles. The van der Waals surface area contributed by atoms with Gasteiger partial charge in [-0.25, -0.2) is 0 Å². The van der Waals surface area contributed by atoms with Gasteiger partial charge in [-0.2, -0.15) is 0 Å². The second-order valence-electron chi connectivity index (χ2n) is 6.95. The molecule has 5 nitrogen and oxygen atoms in total. The number of rotatable bonds is 9. The molecule has 2 rings (SSSR count). The highest BCUT2D eigenvalue weighted by molar-refractivity contribution is 5.74. The first-order valence-corrected chi connectivity index (χ1v) is 9.18. The molecule has 0 spiro atoms. The van der Waals surface area contributed by atoms with Crippen LogP contribution in [-0.2, 0) is 20.7 Å². The molecule has 0 heterocycles. The minimum atomic E-state index is -0.795. The molecule has 138 valence electrons. The number of aliphatic carboxylic acids is 1. The maximum Gasteiger partial charge on any atom is 0.321 e. The minimum absolute atomic E-state index is 0.153. The van der Waals surface area contributed by atoms with Gasteiger partial charge in [0.2, 0.25) is 0 Å². The predicted molar refractivity (Wildman–Crippen MR) is 96.3 cm³/mol. The summed E-state index contributed by atoms with van der Waals surface area (Å²) >= 11 is 0. The van der Waals surface area contributed by atoms with Crippen LogP contribution in [0.2, 0.25) is 0 Å². The number of ether oxygens (including phenoxy) is 1. The largest absolute Gasteiger partial charge is 0.480 e. The van der Waals surface area contributed by atoms with Gasteiger partial charge in [0, 0.05) is 12.5 Å². The Bertz CT molecular complexity index is 546. The molecule has 0 bridgehead atoms. The average Bonchev–Trinajstić information content (AvgIpc) is 2.62. The van der Waals surface area contributed by atoms with Gasteiger partial charge < -0.3 is 15.2 Å². The summed E-state index contributed by atoms with van der Waals surface area (Å²) in [6.45, 7) is 0. The topological polar surface area (TPSA) is 75.6 Å². The van der Waals surface area contributed by atoms with E-state index in [0.29, 0.717) is 18.8 Å². The number of hydrogen-bond donors (Lipinski definition) is 2. The lowest BCUT2D eigenvalue weighted by Gasteiger charge is -2.32. The van der Waals surface area contributed by atoms with Gasteiger partial charge in [0.1, 0.15) is 6.04 Å². The first-order chi connectivity index (χ1) is 12.1. The molecular formula is C20H29NO4. The number of carbonyl (C=O) groups is 2. The summed E-state index contributed by atoms with van der Waals surface area (Å²) in [5.41, 5.74) is 1.04. The summed E-state index contributed by atoms with van der Waals surface area (Å²) in [5, 5.41) is 12.9.